The lowest BCUT2D eigenvalue weighted by Gasteiger charge is -2.41. The summed E-state index contributed by atoms with van der Waals surface area (Å²) in [6, 6.07) is 0.839. The minimum absolute atomic E-state index is 0.0479. The van der Waals surface area contributed by atoms with Gasteiger partial charge in [0.15, 0.2) is 0 Å². The molecule has 0 aliphatic carbocycles. The molecule has 0 saturated carbocycles. The normalized spacial score (nSPS) is 24.9. The van der Waals surface area contributed by atoms with Gasteiger partial charge in [-0.05, 0) is 40.5 Å². The van der Waals surface area contributed by atoms with Gasteiger partial charge in [-0.1, -0.05) is 0 Å². The van der Waals surface area contributed by atoms with Crippen molar-refractivity contribution in [2.75, 3.05) is 32.7 Å². The predicted octanol–water partition coefficient (Wildman–Crippen LogP) is 2.01. The van der Waals surface area contributed by atoms with E-state index in [1.807, 2.05) is 4.90 Å². The minimum atomic E-state index is 0.0479. The van der Waals surface area contributed by atoms with Gasteiger partial charge in [-0.2, -0.15) is 0 Å². The SMILES string of the molecule is CC(C)N1CCN(C(=O)N2CCCC2(C)C)CC1. The summed E-state index contributed by atoms with van der Waals surface area (Å²) in [5.74, 6) is 0. The third-order valence-corrected chi connectivity index (χ3v) is 4.45. The smallest absolute Gasteiger partial charge is 0.320 e. The van der Waals surface area contributed by atoms with Crippen molar-refractivity contribution in [3.8, 4) is 0 Å². The van der Waals surface area contributed by atoms with Crippen LogP contribution in [-0.2, 0) is 0 Å². The molecule has 0 aromatic heterocycles. The van der Waals surface area contributed by atoms with Gasteiger partial charge >= 0.3 is 6.03 Å². The molecule has 2 saturated heterocycles. The first-order valence-electron chi connectivity index (χ1n) is 7.22. The van der Waals surface area contributed by atoms with Crippen LogP contribution >= 0.6 is 0 Å². The van der Waals surface area contributed by atoms with E-state index in [2.05, 4.69) is 37.5 Å². The lowest BCUT2D eigenvalue weighted by molar-refractivity contribution is 0.0855. The van der Waals surface area contributed by atoms with Crippen LogP contribution in [-0.4, -0.2) is 65.0 Å². The van der Waals surface area contributed by atoms with Crippen molar-refractivity contribution in [3.05, 3.63) is 0 Å². The van der Waals surface area contributed by atoms with Gasteiger partial charge in [0.05, 0.1) is 0 Å². The van der Waals surface area contributed by atoms with Crippen molar-refractivity contribution >= 4 is 6.03 Å². The fourth-order valence-corrected chi connectivity index (χ4v) is 3.06. The van der Waals surface area contributed by atoms with Gasteiger partial charge in [-0.3, -0.25) is 4.90 Å². The summed E-state index contributed by atoms with van der Waals surface area (Å²) < 4.78 is 0. The number of rotatable bonds is 1. The van der Waals surface area contributed by atoms with Crippen molar-refractivity contribution in [3.63, 3.8) is 0 Å². The van der Waals surface area contributed by atoms with E-state index < -0.39 is 0 Å². The molecule has 0 aromatic rings. The second kappa shape index (κ2) is 5.08. The predicted molar refractivity (Wildman–Crippen MR) is 73.7 cm³/mol. The molecule has 2 aliphatic heterocycles. The van der Waals surface area contributed by atoms with Crippen LogP contribution in [0.3, 0.4) is 0 Å². The summed E-state index contributed by atoms with van der Waals surface area (Å²) >= 11 is 0. The van der Waals surface area contributed by atoms with Crippen LogP contribution in [0, 0.1) is 0 Å². The Bertz CT molecular complexity index is 306. The maximum Gasteiger partial charge on any atom is 0.320 e. The van der Waals surface area contributed by atoms with Gasteiger partial charge in [0.2, 0.25) is 0 Å². The number of carbonyl (C=O) groups excluding carboxylic acids is 1. The molecule has 2 rings (SSSR count). The van der Waals surface area contributed by atoms with Crippen molar-refractivity contribution in [1.29, 1.82) is 0 Å². The molecule has 0 aromatic carbocycles. The molecule has 2 amide bonds. The number of nitrogens with zero attached hydrogens (tertiary/aromatic N) is 3. The quantitative estimate of drug-likeness (QED) is 0.714. The van der Waals surface area contributed by atoms with E-state index in [4.69, 9.17) is 0 Å². The Hall–Kier alpha value is -0.770. The molecule has 0 unspecified atom stereocenters. The summed E-state index contributed by atoms with van der Waals surface area (Å²) in [5, 5.41) is 0. The molecule has 0 spiro atoms. The molecule has 0 bridgehead atoms. The molecule has 0 radical (unpaired) electrons. The first kappa shape index (κ1) is 13.7. The number of amides is 2. The first-order valence-corrected chi connectivity index (χ1v) is 7.22. The summed E-state index contributed by atoms with van der Waals surface area (Å²) in [6.07, 6.45) is 2.27. The van der Waals surface area contributed by atoms with E-state index in [0.29, 0.717) is 6.04 Å². The van der Waals surface area contributed by atoms with E-state index in [1.54, 1.807) is 0 Å². The van der Waals surface area contributed by atoms with Crippen molar-refractivity contribution in [2.24, 2.45) is 0 Å². The largest absolute Gasteiger partial charge is 0.322 e. The lowest BCUT2D eigenvalue weighted by atomic mass is 10.0. The van der Waals surface area contributed by atoms with Crippen LogP contribution in [0.15, 0.2) is 0 Å². The topological polar surface area (TPSA) is 26.8 Å². The molecule has 4 nitrogen and oxygen atoms in total. The van der Waals surface area contributed by atoms with E-state index >= 15 is 0 Å². The molecule has 4 heteroatoms. The van der Waals surface area contributed by atoms with Gasteiger partial charge in [0.1, 0.15) is 0 Å². The summed E-state index contributed by atoms with van der Waals surface area (Å²) in [7, 11) is 0. The summed E-state index contributed by atoms with van der Waals surface area (Å²) in [4.78, 5) is 19.1. The highest BCUT2D eigenvalue weighted by Crippen LogP contribution is 2.29. The summed E-state index contributed by atoms with van der Waals surface area (Å²) in [5.41, 5.74) is 0.0479. The maximum atomic E-state index is 12.5. The van der Waals surface area contributed by atoms with Crippen LogP contribution in [0.5, 0.6) is 0 Å². The Morgan fingerprint density at radius 3 is 2.11 bits per heavy atom. The molecule has 0 atom stereocenters. The highest BCUT2D eigenvalue weighted by molar-refractivity contribution is 5.75. The van der Waals surface area contributed by atoms with Crippen LogP contribution in [0.4, 0.5) is 4.79 Å². The monoisotopic (exact) mass is 253 g/mol. The van der Waals surface area contributed by atoms with Gasteiger partial charge in [-0.15, -0.1) is 0 Å². The number of hydrogen-bond donors (Lipinski definition) is 0. The zero-order valence-electron chi connectivity index (χ0n) is 12.3. The fraction of sp³-hybridized carbons (Fsp3) is 0.929. The van der Waals surface area contributed by atoms with Crippen LogP contribution in [0.25, 0.3) is 0 Å². The minimum Gasteiger partial charge on any atom is -0.322 e. The van der Waals surface area contributed by atoms with E-state index in [0.717, 1.165) is 45.6 Å². The second-order valence-corrected chi connectivity index (χ2v) is 6.47. The molecular formula is C14H27N3O. The molecule has 2 fully saturated rings. The van der Waals surface area contributed by atoms with Crippen LogP contribution in [0.1, 0.15) is 40.5 Å². The zero-order chi connectivity index (χ0) is 13.3. The Balaban J connectivity index is 1.92. The third kappa shape index (κ3) is 2.63. The van der Waals surface area contributed by atoms with Crippen molar-refractivity contribution in [2.45, 2.75) is 52.1 Å². The van der Waals surface area contributed by atoms with Crippen molar-refractivity contribution < 1.29 is 4.79 Å². The molecular weight excluding hydrogens is 226 g/mol. The fourth-order valence-electron chi connectivity index (χ4n) is 3.06. The van der Waals surface area contributed by atoms with Gasteiger partial charge in [0, 0.05) is 44.3 Å². The molecule has 0 N–H and O–H groups in total. The Morgan fingerprint density at radius 2 is 1.67 bits per heavy atom. The van der Waals surface area contributed by atoms with Gasteiger partial charge in [0.25, 0.3) is 0 Å². The number of hydrogen-bond acceptors (Lipinski definition) is 2. The Kier molecular flexibility index (Phi) is 3.85. The average molecular weight is 253 g/mol. The standard InChI is InChI=1S/C14H27N3O/c1-12(2)15-8-10-16(11-9-15)13(18)17-7-5-6-14(17,3)4/h12H,5-11H2,1-4H3. The molecule has 18 heavy (non-hydrogen) atoms. The Morgan fingerprint density at radius 1 is 1.06 bits per heavy atom. The van der Waals surface area contributed by atoms with E-state index in [-0.39, 0.29) is 11.6 Å². The van der Waals surface area contributed by atoms with Crippen LogP contribution in [0.2, 0.25) is 0 Å². The second-order valence-electron chi connectivity index (χ2n) is 6.47. The van der Waals surface area contributed by atoms with Crippen molar-refractivity contribution in [1.82, 2.24) is 14.7 Å². The molecule has 2 heterocycles. The van der Waals surface area contributed by atoms with E-state index in [1.165, 1.54) is 0 Å². The average Bonchev–Trinajstić information content (AvgIpc) is 2.68. The molecule has 104 valence electrons. The third-order valence-electron chi connectivity index (χ3n) is 4.45. The number of urea groups is 1. The highest BCUT2D eigenvalue weighted by atomic mass is 16.2. The molecule has 2 aliphatic rings. The lowest BCUT2D eigenvalue weighted by Crippen LogP contribution is -2.56. The van der Waals surface area contributed by atoms with E-state index in [9.17, 15) is 4.79 Å². The van der Waals surface area contributed by atoms with Gasteiger partial charge in [-0.25, -0.2) is 4.79 Å². The number of likely N-dealkylation sites (tertiary alicyclic amines) is 1. The maximum absolute atomic E-state index is 12.5. The zero-order valence-corrected chi connectivity index (χ0v) is 12.3. The summed E-state index contributed by atoms with van der Waals surface area (Å²) in [6.45, 7) is 13.5. The number of carbonyl (C=O) groups is 1. The van der Waals surface area contributed by atoms with Gasteiger partial charge < -0.3 is 9.80 Å². The number of piperazine rings is 1. The Labute approximate surface area is 111 Å². The van der Waals surface area contributed by atoms with Crippen LogP contribution < -0.4 is 0 Å². The highest BCUT2D eigenvalue weighted by Gasteiger charge is 2.38. The first-order chi connectivity index (χ1) is 8.42.